The summed E-state index contributed by atoms with van der Waals surface area (Å²) in [5.74, 6) is -0.319. The van der Waals surface area contributed by atoms with Gasteiger partial charge in [-0.3, -0.25) is 13.9 Å². The second kappa shape index (κ2) is 13.5. The first kappa shape index (κ1) is 30.9. The zero-order valence-corrected chi connectivity index (χ0v) is 24.6. The maximum absolute atomic E-state index is 13.7. The van der Waals surface area contributed by atoms with Crippen LogP contribution in [0.5, 0.6) is 0 Å². The van der Waals surface area contributed by atoms with Gasteiger partial charge in [0.05, 0.1) is 11.9 Å². The molecule has 0 radical (unpaired) electrons. The number of nitrogens with zero attached hydrogens (tertiary/aromatic N) is 2. The number of rotatable bonds is 12. The molecule has 0 aliphatic carbocycles. The summed E-state index contributed by atoms with van der Waals surface area (Å²) >= 11 is 12.4. The Balaban J connectivity index is 2.45. The Bertz CT molecular complexity index is 1180. The minimum absolute atomic E-state index is 0.0202. The molecule has 1 N–H and O–H groups in total. The third kappa shape index (κ3) is 8.90. The highest BCUT2D eigenvalue weighted by molar-refractivity contribution is 7.92. The van der Waals surface area contributed by atoms with Crippen LogP contribution in [-0.2, 0) is 26.2 Å². The summed E-state index contributed by atoms with van der Waals surface area (Å²) in [5, 5.41) is 3.69. The summed E-state index contributed by atoms with van der Waals surface area (Å²) < 4.78 is 26.6. The molecule has 204 valence electrons. The molecule has 2 amide bonds. The maximum atomic E-state index is 13.7. The van der Waals surface area contributed by atoms with Gasteiger partial charge in [0.2, 0.25) is 21.8 Å². The van der Waals surface area contributed by atoms with Crippen molar-refractivity contribution in [3.05, 3.63) is 63.6 Å². The fraction of sp³-hybridized carbons (Fsp3) is 0.481. The molecule has 0 bridgehead atoms. The van der Waals surface area contributed by atoms with Crippen molar-refractivity contribution in [3.63, 3.8) is 0 Å². The molecule has 0 aliphatic heterocycles. The van der Waals surface area contributed by atoms with Crippen LogP contribution in [0.15, 0.2) is 42.5 Å². The zero-order chi connectivity index (χ0) is 27.9. The molecule has 0 spiro atoms. The highest BCUT2D eigenvalue weighted by Gasteiger charge is 2.32. The third-order valence-corrected chi connectivity index (χ3v) is 7.68. The average molecular weight is 571 g/mol. The lowest BCUT2D eigenvalue weighted by Crippen LogP contribution is -2.52. The molecule has 0 fully saturated rings. The number of nitrogens with one attached hydrogen (secondary N) is 1. The van der Waals surface area contributed by atoms with Crippen LogP contribution in [0.2, 0.25) is 10.0 Å². The number of hydrogen-bond acceptors (Lipinski definition) is 4. The van der Waals surface area contributed by atoms with Gasteiger partial charge in [0.25, 0.3) is 0 Å². The Morgan fingerprint density at radius 3 is 2.11 bits per heavy atom. The molecule has 2 rings (SSSR count). The van der Waals surface area contributed by atoms with Gasteiger partial charge in [0.15, 0.2) is 0 Å². The molecule has 0 aliphatic rings. The van der Waals surface area contributed by atoms with Gasteiger partial charge in [-0.2, -0.15) is 0 Å². The molecule has 2 aromatic carbocycles. The van der Waals surface area contributed by atoms with Gasteiger partial charge < -0.3 is 10.2 Å². The molecule has 1 atom stereocenters. The number of sulfonamides is 1. The molecule has 0 saturated carbocycles. The van der Waals surface area contributed by atoms with Crippen LogP contribution in [0.25, 0.3) is 0 Å². The predicted molar refractivity (Wildman–Crippen MR) is 152 cm³/mol. The summed E-state index contributed by atoms with van der Waals surface area (Å²) in [6.45, 7) is 9.87. The van der Waals surface area contributed by atoms with Crippen molar-refractivity contribution in [2.75, 3.05) is 23.7 Å². The Morgan fingerprint density at radius 2 is 1.62 bits per heavy atom. The first-order chi connectivity index (χ1) is 17.2. The number of hydrogen-bond donors (Lipinski definition) is 1. The van der Waals surface area contributed by atoms with E-state index in [-0.39, 0.29) is 24.3 Å². The lowest BCUT2D eigenvalue weighted by atomic mass is 10.0. The smallest absolute Gasteiger partial charge is 0.244 e. The number of amides is 2. The van der Waals surface area contributed by atoms with Crippen molar-refractivity contribution in [1.82, 2.24) is 10.2 Å². The van der Waals surface area contributed by atoms with E-state index < -0.39 is 28.5 Å². The summed E-state index contributed by atoms with van der Waals surface area (Å²) in [7, 11) is -3.80. The van der Waals surface area contributed by atoms with Gasteiger partial charge >= 0.3 is 0 Å². The van der Waals surface area contributed by atoms with Crippen LogP contribution in [0, 0.1) is 5.92 Å². The number of carbonyl (C=O) groups excluding carboxylic acids is 2. The predicted octanol–water partition coefficient (Wildman–Crippen LogP) is 5.46. The SMILES string of the molecule is CCC(C(=O)NCC(C)C)N(Cc1ccc(Cl)cc1Cl)C(=O)CN(c1ccc(C(C)C)cc1)S(C)(=O)=O. The van der Waals surface area contributed by atoms with Crippen LogP contribution < -0.4 is 9.62 Å². The number of halogens is 2. The second-order valence-electron chi connectivity index (χ2n) is 9.84. The van der Waals surface area contributed by atoms with E-state index in [9.17, 15) is 18.0 Å². The standard InChI is InChI=1S/C27H37Cl2N3O4S/c1-7-25(27(34)30-15-18(2)3)31(16-21-8-11-22(28)14-24(21)29)26(33)17-32(37(6,35)36)23-12-9-20(10-13-23)19(4)5/h8-14,18-19,25H,7,15-17H2,1-6H3,(H,30,34). The minimum Gasteiger partial charge on any atom is -0.354 e. The molecule has 0 aromatic heterocycles. The molecular weight excluding hydrogens is 533 g/mol. The molecule has 1 unspecified atom stereocenters. The van der Waals surface area contributed by atoms with Crippen molar-refractivity contribution in [1.29, 1.82) is 0 Å². The van der Waals surface area contributed by atoms with E-state index in [4.69, 9.17) is 23.2 Å². The third-order valence-electron chi connectivity index (χ3n) is 5.95. The summed E-state index contributed by atoms with van der Waals surface area (Å²) in [6, 6.07) is 11.2. The zero-order valence-electron chi connectivity index (χ0n) is 22.3. The van der Waals surface area contributed by atoms with E-state index in [0.717, 1.165) is 16.1 Å². The van der Waals surface area contributed by atoms with E-state index in [2.05, 4.69) is 5.32 Å². The van der Waals surface area contributed by atoms with E-state index in [1.807, 2.05) is 46.8 Å². The molecule has 2 aromatic rings. The van der Waals surface area contributed by atoms with Crippen LogP contribution in [0.3, 0.4) is 0 Å². The number of anilines is 1. The number of benzene rings is 2. The number of carbonyl (C=O) groups is 2. The maximum Gasteiger partial charge on any atom is 0.244 e. The topological polar surface area (TPSA) is 86.8 Å². The van der Waals surface area contributed by atoms with Gasteiger partial charge in [-0.1, -0.05) is 76.0 Å². The van der Waals surface area contributed by atoms with Gasteiger partial charge in [-0.25, -0.2) is 8.42 Å². The van der Waals surface area contributed by atoms with Crippen molar-refractivity contribution in [2.24, 2.45) is 5.92 Å². The first-order valence-corrected chi connectivity index (χ1v) is 14.9. The molecule has 0 saturated heterocycles. The molecule has 0 heterocycles. The van der Waals surface area contributed by atoms with E-state index in [0.29, 0.717) is 34.3 Å². The van der Waals surface area contributed by atoms with E-state index in [1.54, 1.807) is 30.3 Å². The van der Waals surface area contributed by atoms with E-state index in [1.165, 1.54) is 4.90 Å². The van der Waals surface area contributed by atoms with Gasteiger partial charge in [-0.15, -0.1) is 0 Å². The quantitative estimate of drug-likeness (QED) is 0.367. The minimum atomic E-state index is -3.80. The van der Waals surface area contributed by atoms with Crippen LogP contribution in [0.1, 0.15) is 58.1 Å². The molecule has 37 heavy (non-hydrogen) atoms. The van der Waals surface area contributed by atoms with Crippen LogP contribution in [-0.4, -0.2) is 50.5 Å². The van der Waals surface area contributed by atoms with Gasteiger partial charge in [0.1, 0.15) is 12.6 Å². The van der Waals surface area contributed by atoms with Crippen LogP contribution in [0.4, 0.5) is 5.69 Å². The van der Waals surface area contributed by atoms with Crippen LogP contribution >= 0.6 is 23.2 Å². The highest BCUT2D eigenvalue weighted by atomic mass is 35.5. The Labute approximate surface area is 231 Å². The monoisotopic (exact) mass is 569 g/mol. The van der Waals surface area contributed by atoms with Crippen molar-refractivity contribution in [3.8, 4) is 0 Å². The Hall–Kier alpha value is -2.29. The molecule has 10 heteroatoms. The second-order valence-corrected chi connectivity index (χ2v) is 12.6. The summed E-state index contributed by atoms with van der Waals surface area (Å²) in [4.78, 5) is 28.3. The Morgan fingerprint density at radius 1 is 1.00 bits per heavy atom. The fourth-order valence-electron chi connectivity index (χ4n) is 3.81. The largest absolute Gasteiger partial charge is 0.354 e. The lowest BCUT2D eigenvalue weighted by molar-refractivity contribution is -0.140. The Kier molecular flexibility index (Phi) is 11.3. The first-order valence-electron chi connectivity index (χ1n) is 12.3. The summed E-state index contributed by atoms with van der Waals surface area (Å²) in [5.41, 5.74) is 2.03. The fourth-order valence-corrected chi connectivity index (χ4v) is 5.13. The van der Waals surface area contributed by atoms with Gasteiger partial charge in [0, 0.05) is 23.1 Å². The van der Waals surface area contributed by atoms with Gasteiger partial charge in [-0.05, 0) is 53.6 Å². The molecular formula is C27H37Cl2N3O4S. The normalized spacial score (nSPS) is 12.5. The lowest BCUT2D eigenvalue weighted by Gasteiger charge is -2.33. The van der Waals surface area contributed by atoms with E-state index >= 15 is 0 Å². The van der Waals surface area contributed by atoms with Crippen molar-refractivity contribution >= 4 is 50.7 Å². The highest BCUT2D eigenvalue weighted by Crippen LogP contribution is 2.26. The molecule has 7 nitrogen and oxygen atoms in total. The van der Waals surface area contributed by atoms with Crippen molar-refractivity contribution < 1.29 is 18.0 Å². The summed E-state index contributed by atoms with van der Waals surface area (Å²) in [6.07, 6.45) is 1.40. The van der Waals surface area contributed by atoms with Crippen molar-refractivity contribution in [2.45, 2.75) is 59.5 Å². The average Bonchev–Trinajstić information content (AvgIpc) is 2.81.